The monoisotopic (exact) mass is 522 g/mol. The predicted octanol–water partition coefficient (Wildman–Crippen LogP) is 5.49. The largest absolute Gasteiger partial charge is 0.507 e. The molecular weight excluding hydrogens is 503 g/mol. The number of fused-ring (bicyclic) bond motifs is 1. The lowest BCUT2D eigenvalue weighted by atomic mass is 10.1. The molecule has 0 aliphatic carbocycles. The van der Waals surface area contributed by atoms with Gasteiger partial charge in [-0.2, -0.15) is 5.10 Å². The zero-order chi connectivity index (χ0) is 21.6. The van der Waals surface area contributed by atoms with Crippen LogP contribution in [-0.4, -0.2) is 17.2 Å². The Labute approximate surface area is 193 Å². The third-order valence-electron chi connectivity index (χ3n) is 4.69. The van der Waals surface area contributed by atoms with E-state index < -0.39 is 5.91 Å². The van der Waals surface area contributed by atoms with E-state index in [2.05, 4.69) is 33.1 Å². The lowest BCUT2D eigenvalue weighted by molar-refractivity contribution is 0.0952. The normalized spacial score (nSPS) is 11.0. The van der Waals surface area contributed by atoms with Gasteiger partial charge in [-0.1, -0.05) is 36.4 Å². The van der Waals surface area contributed by atoms with Gasteiger partial charge in [-0.05, 0) is 93.0 Å². The number of carbonyl (C=O) groups excluding carboxylic acids is 1. The van der Waals surface area contributed by atoms with Crippen molar-refractivity contribution in [3.05, 3.63) is 105 Å². The third kappa shape index (κ3) is 5.40. The Morgan fingerprint density at radius 3 is 2.35 bits per heavy atom. The van der Waals surface area contributed by atoms with Crippen LogP contribution in [0.2, 0.25) is 0 Å². The molecule has 0 radical (unpaired) electrons. The zero-order valence-electron chi connectivity index (χ0n) is 16.5. The topological polar surface area (TPSA) is 70.9 Å². The van der Waals surface area contributed by atoms with Crippen molar-refractivity contribution in [2.24, 2.45) is 5.10 Å². The van der Waals surface area contributed by atoms with Crippen molar-refractivity contribution in [2.45, 2.75) is 6.61 Å². The number of phenolic OH excluding ortho intramolecular Hbond substituents is 1. The van der Waals surface area contributed by atoms with Crippen LogP contribution in [0.5, 0.6) is 11.5 Å². The predicted molar refractivity (Wildman–Crippen MR) is 131 cm³/mol. The lowest BCUT2D eigenvalue weighted by Gasteiger charge is -2.07. The molecule has 2 N–H and O–H groups in total. The molecule has 0 fully saturated rings. The summed E-state index contributed by atoms with van der Waals surface area (Å²) in [5.74, 6) is 0.193. The van der Waals surface area contributed by atoms with Gasteiger partial charge in [-0.3, -0.25) is 4.79 Å². The lowest BCUT2D eigenvalue weighted by Crippen LogP contribution is -2.17. The van der Waals surface area contributed by atoms with Gasteiger partial charge >= 0.3 is 0 Å². The molecule has 154 valence electrons. The molecule has 0 saturated heterocycles. The van der Waals surface area contributed by atoms with Crippen LogP contribution in [-0.2, 0) is 6.61 Å². The first-order valence-corrected chi connectivity index (χ1v) is 10.7. The molecule has 0 saturated carbocycles. The van der Waals surface area contributed by atoms with E-state index in [0.717, 1.165) is 27.6 Å². The van der Waals surface area contributed by atoms with Gasteiger partial charge in [0.2, 0.25) is 0 Å². The first-order valence-electron chi connectivity index (χ1n) is 9.61. The van der Waals surface area contributed by atoms with Crippen molar-refractivity contribution >= 4 is 45.5 Å². The highest BCUT2D eigenvalue weighted by atomic mass is 127. The zero-order valence-corrected chi connectivity index (χ0v) is 18.6. The number of halogens is 1. The maximum Gasteiger partial charge on any atom is 0.275 e. The standard InChI is InChI=1S/C25H19IN2O3/c26-21-9-5-18(6-10-21)16-31-22-11-7-17(8-12-22)15-27-28-25(30)23-13-19-3-1-2-4-20(19)14-24(23)29/h1-15,29H,16H2,(H,28,30). The van der Waals surface area contributed by atoms with Gasteiger partial charge in [0.25, 0.3) is 5.91 Å². The minimum atomic E-state index is -0.475. The van der Waals surface area contributed by atoms with Crippen LogP contribution in [0.1, 0.15) is 21.5 Å². The minimum Gasteiger partial charge on any atom is -0.507 e. The second-order valence-corrected chi connectivity index (χ2v) is 8.15. The first-order chi connectivity index (χ1) is 15.1. The maximum absolute atomic E-state index is 12.4. The van der Waals surface area contributed by atoms with Crippen LogP contribution in [0.3, 0.4) is 0 Å². The molecule has 0 aromatic heterocycles. The van der Waals surface area contributed by atoms with E-state index in [1.807, 2.05) is 72.8 Å². The van der Waals surface area contributed by atoms with Crippen LogP contribution >= 0.6 is 22.6 Å². The fraction of sp³-hybridized carbons (Fsp3) is 0.0400. The molecule has 1 amide bonds. The molecule has 31 heavy (non-hydrogen) atoms. The summed E-state index contributed by atoms with van der Waals surface area (Å²) in [5, 5.41) is 15.9. The quantitative estimate of drug-likeness (QED) is 0.200. The Morgan fingerprint density at radius 2 is 1.65 bits per heavy atom. The number of ether oxygens (including phenoxy) is 1. The Morgan fingerprint density at radius 1 is 0.968 bits per heavy atom. The summed E-state index contributed by atoms with van der Waals surface area (Å²) in [4.78, 5) is 12.4. The number of rotatable bonds is 6. The Kier molecular flexibility index (Phi) is 6.47. The molecule has 5 nitrogen and oxygen atoms in total. The maximum atomic E-state index is 12.4. The minimum absolute atomic E-state index is 0.0824. The highest BCUT2D eigenvalue weighted by Gasteiger charge is 2.11. The van der Waals surface area contributed by atoms with Gasteiger partial charge in [0.15, 0.2) is 0 Å². The smallest absolute Gasteiger partial charge is 0.275 e. The average Bonchev–Trinajstić information content (AvgIpc) is 2.79. The van der Waals surface area contributed by atoms with E-state index in [-0.39, 0.29) is 11.3 Å². The summed E-state index contributed by atoms with van der Waals surface area (Å²) in [5.41, 5.74) is 4.55. The molecule has 0 spiro atoms. The fourth-order valence-corrected chi connectivity index (χ4v) is 3.39. The molecule has 4 aromatic carbocycles. The number of hydrazone groups is 1. The van der Waals surface area contributed by atoms with Crippen molar-refractivity contribution in [3.8, 4) is 11.5 Å². The van der Waals surface area contributed by atoms with Gasteiger partial charge in [0, 0.05) is 3.57 Å². The second-order valence-electron chi connectivity index (χ2n) is 6.90. The van der Waals surface area contributed by atoms with Crippen molar-refractivity contribution < 1.29 is 14.6 Å². The molecule has 0 aliphatic rings. The van der Waals surface area contributed by atoms with Crippen LogP contribution in [0.15, 0.2) is 90.0 Å². The summed E-state index contributed by atoms with van der Waals surface area (Å²) >= 11 is 2.27. The number of hydrogen-bond acceptors (Lipinski definition) is 4. The van der Waals surface area contributed by atoms with Gasteiger partial charge in [-0.25, -0.2) is 5.43 Å². The first kappa shape index (κ1) is 20.9. The molecule has 4 rings (SSSR count). The molecular formula is C25H19IN2O3. The number of benzene rings is 4. The van der Waals surface area contributed by atoms with E-state index in [4.69, 9.17) is 4.74 Å². The molecule has 6 heteroatoms. The summed E-state index contributed by atoms with van der Waals surface area (Å²) in [7, 11) is 0. The molecule has 0 heterocycles. The van der Waals surface area contributed by atoms with E-state index in [1.54, 1.807) is 18.3 Å². The molecule has 0 aliphatic heterocycles. The van der Waals surface area contributed by atoms with Gasteiger partial charge in [0.05, 0.1) is 11.8 Å². The number of nitrogens with zero attached hydrogens (tertiary/aromatic N) is 1. The van der Waals surface area contributed by atoms with E-state index >= 15 is 0 Å². The summed E-state index contributed by atoms with van der Waals surface area (Å²) in [6.07, 6.45) is 1.54. The Balaban J connectivity index is 1.35. The molecule has 0 bridgehead atoms. The van der Waals surface area contributed by atoms with Crippen LogP contribution < -0.4 is 10.2 Å². The molecule has 0 unspecified atom stereocenters. The third-order valence-corrected chi connectivity index (χ3v) is 5.41. The number of amides is 1. The Hall–Kier alpha value is -3.39. The number of hydrogen-bond donors (Lipinski definition) is 2. The summed E-state index contributed by atoms with van der Waals surface area (Å²) in [6.45, 7) is 0.496. The van der Waals surface area contributed by atoms with Crippen molar-refractivity contribution in [3.63, 3.8) is 0 Å². The average molecular weight is 522 g/mol. The van der Waals surface area contributed by atoms with Crippen LogP contribution in [0.25, 0.3) is 10.8 Å². The molecule has 0 atom stereocenters. The highest BCUT2D eigenvalue weighted by Crippen LogP contribution is 2.24. The fourth-order valence-electron chi connectivity index (χ4n) is 3.03. The summed E-state index contributed by atoms with van der Waals surface area (Å²) in [6, 6.07) is 26.3. The van der Waals surface area contributed by atoms with Gasteiger partial charge in [-0.15, -0.1) is 0 Å². The number of carbonyl (C=O) groups is 1. The summed E-state index contributed by atoms with van der Waals surface area (Å²) < 4.78 is 6.98. The van der Waals surface area contributed by atoms with E-state index in [1.165, 1.54) is 3.57 Å². The van der Waals surface area contributed by atoms with Crippen molar-refractivity contribution in [2.75, 3.05) is 0 Å². The highest BCUT2D eigenvalue weighted by molar-refractivity contribution is 14.1. The molecule has 4 aromatic rings. The van der Waals surface area contributed by atoms with Crippen molar-refractivity contribution in [1.82, 2.24) is 5.43 Å². The van der Waals surface area contributed by atoms with Crippen LogP contribution in [0.4, 0.5) is 0 Å². The van der Waals surface area contributed by atoms with Gasteiger partial charge < -0.3 is 9.84 Å². The number of aromatic hydroxyl groups is 1. The number of nitrogens with one attached hydrogen (secondary N) is 1. The SMILES string of the molecule is O=C(NN=Cc1ccc(OCc2ccc(I)cc2)cc1)c1cc2ccccc2cc1O. The van der Waals surface area contributed by atoms with E-state index in [0.29, 0.717) is 6.61 Å². The Bertz CT molecular complexity index is 1240. The van der Waals surface area contributed by atoms with Crippen LogP contribution in [0, 0.1) is 3.57 Å². The van der Waals surface area contributed by atoms with Crippen molar-refractivity contribution in [1.29, 1.82) is 0 Å². The van der Waals surface area contributed by atoms with Gasteiger partial charge in [0.1, 0.15) is 18.1 Å². The van der Waals surface area contributed by atoms with E-state index in [9.17, 15) is 9.90 Å². The number of phenols is 1. The second kappa shape index (κ2) is 9.61.